The van der Waals surface area contributed by atoms with Crippen LogP contribution in [-0.2, 0) is 11.0 Å². The SMILES string of the molecule is O=C(O)c1c(NS(=O)c2ccc(F)cc2C=C2CN3CCC2CC3)ccc2c1OCC1CC21. The molecule has 0 amide bonds. The zero-order chi connectivity index (χ0) is 22.7. The van der Waals surface area contributed by atoms with Crippen molar-refractivity contribution in [3.63, 3.8) is 0 Å². The fourth-order valence-electron chi connectivity index (χ4n) is 5.51. The van der Waals surface area contributed by atoms with Gasteiger partial charge in [0, 0.05) is 12.5 Å². The van der Waals surface area contributed by atoms with Gasteiger partial charge in [0.25, 0.3) is 0 Å². The number of nitrogens with one attached hydrogen (secondary N) is 1. The van der Waals surface area contributed by atoms with E-state index >= 15 is 0 Å². The van der Waals surface area contributed by atoms with Gasteiger partial charge in [0.05, 0.1) is 17.2 Å². The standard InChI is InChI=1S/C25H25FN2O4S/c26-18-1-4-22(15(10-18)9-16-12-28-7-5-14(16)6-8-28)33(31)27-21-3-2-19-20-11-17(20)13-32-24(19)23(21)25(29)30/h1-4,9-10,14,17,20,27H,5-8,11-13H2,(H,29,30). The van der Waals surface area contributed by atoms with E-state index in [0.717, 1.165) is 44.5 Å². The Morgan fingerprint density at radius 3 is 2.79 bits per heavy atom. The van der Waals surface area contributed by atoms with Crippen LogP contribution in [-0.4, -0.2) is 46.4 Å². The molecule has 172 valence electrons. The normalized spacial score (nSPS) is 29.1. The lowest BCUT2D eigenvalue weighted by atomic mass is 9.83. The molecule has 2 N–H and O–H groups in total. The topological polar surface area (TPSA) is 78.9 Å². The van der Waals surface area contributed by atoms with Gasteiger partial charge >= 0.3 is 5.97 Å². The monoisotopic (exact) mass is 468 g/mol. The summed E-state index contributed by atoms with van der Waals surface area (Å²) in [6.45, 7) is 3.55. The lowest BCUT2D eigenvalue weighted by Crippen LogP contribution is -2.42. The Bertz CT molecular complexity index is 1210. The second kappa shape index (κ2) is 7.95. The zero-order valence-electron chi connectivity index (χ0n) is 18.1. The number of piperidine rings is 3. The predicted octanol–water partition coefficient (Wildman–Crippen LogP) is 4.26. The Labute approximate surface area is 194 Å². The maximum atomic E-state index is 14.1. The van der Waals surface area contributed by atoms with E-state index in [-0.39, 0.29) is 11.3 Å². The Kier molecular flexibility index (Phi) is 5.03. The highest BCUT2D eigenvalue weighted by Gasteiger charge is 2.45. The minimum Gasteiger partial charge on any atom is -0.492 e. The molecule has 5 aliphatic rings. The van der Waals surface area contributed by atoms with Crippen LogP contribution in [0.15, 0.2) is 40.8 Å². The molecule has 3 saturated heterocycles. The third kappa shape index (κ3) is 3.75. The minimum atomic E-state index is -1.78. The summed E-state index contributed by atoms with van der Waals surface area (Å²) in [5.74, 6) is 0.152. The molecule has 0 aromatic heterocycles. The number of aromatic carboxylic acids is 1. The maximum absolute atomic E-state index is 14.1. The van der Waals surface area contributed by atoms with E-state index in [9.17, 15) is 18.5 Å². The van der Waals surface area contributed by atoms with Crippen LogP contribution in [0.1, 0.15) is 46.7 Å². The summed E-state index contributed by atoms with van der Waals surface area (Å²) in [7, 11) is -1.78. The largest absolute Gasteiger partial charge is 0.492 e. The van der Waals surface area contributed by atoms with Crippen molar-refractivity contribution >= 4 is 28.7 Å². The smallest absolute Gasteiger partial charge is 0.341 e. The Morgan fingerprint density at radius 2 is 2.06 bits per heavy atom. The van der Waals surface area contributed by atoms with Gasteiger partial charge in [-0.3, -0.25) is 4.90 Å². The summed E-state index contributed by atoms with van der Waals surface area (Å²) < 4.78 is 36.1. The van der Waals surface area contributed by atoms with E-state index in [1.165, 1.54) is 23.8 Å². The molecule has 0 radical (unpaired) electrons. The summed E-state index contributed by atoms with van der Waals surface area (Å²) in [5.41, 5.74) is 2.96. The Morgan fingerprint density at radius 1 is 1.24 bits per heavy atom. The molecule has 2 aromatic carbocycles. The molecule has 2 aromatic rings. The van der Waals surface area contributed by atoms with Crippen LogP contribution in [0.4, 0.5) is 10.1 Å². The van der Waals surface area contributed by atoms with E-state index in [4.69, 9.17) is 4.74 Å². The number of ether oxygens (including phenoxy) is 1. The van der Waals surface area contributed by atoms with Crippen molar-refractivity contribution in [3.8, 4) is 5.75 Å². The van der Waals surface area contributed by atoms with E-state index < -0.39 is 22.8 Å². The number of nitrogens with zero attached hydrogens (tertiary/aromatic N) is 1. The molecule has 1 aliphatic carbocycles. The van der Waals surface area contributed by atoms with Crippen molar-refractivity contribution in [3.05, 3.63) is 58.4 Å². The number of halogens is 1. The maximum Gasteiger partial charge on any atom is 0.341 e. The molecule has 0 spiro atoms. The van der Waals surface area contributed by atoms with Crippen molar-refractivity contribution in [1.82, 2.24) is 4.90 Å². The van der Waals surface area contributed by atoms with Gasteiger partial charge in [0.2, 0.25) is 0 Å². The third-order valence-electron chi connectivity index (χ3n) is 7.40. The summed E-state index contributed by atoms with van der Waals surface area (Å²) >= 11 is 0. The van der Waals surface area contributed by atoms with E-state index in [2.05, 4.69) is 9.62 Å². The molecule has 8 heteroatoms. The van der Waals surface area contributed by atoms with Crippen molar-refractivity contribution < 1.29 is 23.2 Å². The number of fused-ring (bicyclic) bond motifs is 6. The second-order valence-electron chi connectivity index (χ2n) is 9.45. The molecule has 7 rings (SSSR count). The highest BCUT2D eigenvalue weighted by atomic mass is 32.2. The minimum absolute atomic E-state index is 0.00519. The van der Waals surface area contributed by atoms with Gasteiger partial charge in [0.15, 0.2) is 11.0 Å². The van der Waals surface area contributed by atoms with Crippen LogP contribution in [0, 0.1) is 17.7 Å². The first-order valence-corrected chi connectivity index (χ1v) is 12.6. The number of anilines is 1. The third-order valence-corrected chi connectivity index (χ3v) is 8.58. The van der Waals surface area contributed by atoms with E-state index in [1.54, 1.807) is 6.07 Å². The lowest BCUT2D eigenvalue weighted by molar-refractivity contribution is 0.0692. The fourth-order valence-corrected chi connectivity index (χ4v) is 6.52. The fraction of sp³-hybridized carbons (Fsp3) is 0.400. The highest BCUT2D eigenvalue weighted by Crippen LogP contribution is 2.55. The van der Waals surface area contributed by atoms with Crippen LogP contribution in [0.2, 0.25) is 0 Å². The van der Waals surface area contributed by atoms with Gasteiger partial charge in [-0.1, -0.05) is 17.7 Å². The predicted molar refractivity (Wildman–Crippen MR) is 123 cm³/mol. The molecule has 4 fully saturated rings. The van der Waals surface area contributed by atoms with Crippen molar-refractivity contribution in [2.45, 2.75) is 30.1 Å². The van der Waals surface area contributed by atoms with Crippen LogP contribution < -0.4 is 9.46 Å². The Balaban J connectivity index is 1.33. The quantitative estimate of drug-likeness (QED) is 0.686. The average molecular weight is 469 g/mol. The first kappa shape index (κ1) is 20.9. The average Bonchev–Trinajstić information content (AvgIpc) is 3.60. The van der Waals surface area contributed by atoms with Gasteiger partial charge in [0.1, 0.15) is 17.1 Å². The molecular weight excluding hydrogens is 443 g/mol. The molecular formula is C25H25FN2O4S. The summed E-state index contributed by atoms with van der Waals surface area (Å²) in [4.78, 5) is 14.9. The Hall–Kier alpha value is -2.71. The second-order valence-corrected chi connectivity index (χ2v) is 10.6. The van der Waals surface area contributed by atoms with Crippen molar-refractivity contribution in [2.75, 3.05) is 31.0 Å². The number of carboxylic acids is 1. The van der Waals surface area contributed by atoms with Crippen LogP contribution in [0.5, 0.6) is 5.75 Å². The van der Waals surface area contributed by atoms with Crippen LogP contribution in [0.3, 0.4) is 0 Å². The van der Waals surface area contributed by atoms with Crippen molar-refractivity contribution in [2.24, 2.45) is 11.8 Å². The summed E-state index contributed by atoms with van der Waals surface area (Å²) in [6.07, 6.45) is 5.17. The van der Waals surface area contributed by atoms with Gasteiger partial charge < -0.3 is 14.6 Å². The number of hydrogen-bond donors (Lipinski definition) is 2. The van der Waals surface area contributed by atoms with Gasteiger partial charge in [-0.2, -0.15) is 0 Å². The molecule has 2 bridgehead atoms. The molecule has 33 heavy (non-hydrogen) atoms. The van der Waals surface area contributed by atoms with Crippen LogP contribution >= 0.6 is 0 Å². The summed E-state index contributed by atoms with van der Waals surface area (Å²) in [5, 5.41) is 9.89. The lowest BCUT2D eigenvalue weighted by Gasteiger charge is -2.41. The number of hydrogen-bond acceptors (Lipinski definition) is 4. The summed E-state index contributed by atoms with van der Waals surface area (Å²) in [6, 6.07) is 7.73. The highest BCUT2D eigenvalue weighted by molar-refractivity contribution is 7.86. The first-order valence-electron chi connectivity index (χ1n) is 11.4. The van der Waals surface area contributed by atoms with Crippen molar-refractivity contribution in [1.29, 1.82) is 0 Å². The molecule has 4 heterocycles. The van der Waals surface area contributed by atoms with E-state index in [0.29, 0.717) is 40.6 Å². The molecule has 3 atom stereocenters. The molecule has 6 nitrogen and oxygen atoms in total. The molecule has 1 saturated carbocycles. The number of carbonyl (C=O) groups is 1. The van der Waals surface area contributed by atoms with Gasteiger partial charge in [-0.15, -0.1) is 0 Å². The number of rotatable bonds is 5. The molecule has 3 unspecified atom stereocenters. The molecule has 4 aliphatic heterocycles. The number of benzene rings is 2. The zero-order valence-corrected chi connectivity index (χ0v) is 18.9. The van der Waals surface area contributed by atoms with E-state index in [1.807, 2.05) is 12.1 Å². The number of carboxylic acid groups (broad SMARTS) is 1. The van der Waals surface area contributed by atoms with Gasteiger partial charge in [-0.25, -0.2) is 13.4 Å². The van der Waals surface area contributed by atoms with Gasteiger partial charge in [-0.05, 0) is 79.6 Å². The van der Waals surface area contributed by atoms with Crippen LogP contribution in [0.25, 0.3) is 6.08 Å². The first-order chi connectivity index (χ1) is 16.0.